The Morgan fingerprint density at radius 2 is 1.95 bits per heavy atom. The molecule has 0 heterocycles. The topological polar surface area (TPSA) is 43.4 Å². The lowest BCUT2D eigenvalue weighted by molar-refractivity contribution is -0.140. The standard InChI is InChI=1S/C19H20O3/c1-22-19(21)10-6-5-7-15-11-16(14-20)13-18(12-15)17-8-3-2-4-9-17/h2-4,8-9,11-12H,5-7,10,13H2,1H3. The Bertz CT molecular complexity index is 632. The second-order valence-electron chi connectivity index (χ2n) is 5.34. The Morgan fingerprint density at radius 1 is 1.18 bits per heavy atom. The third-order valence-electron chi connectivity index (χ3n) is 3.70. The van der Waals surface area contributed by atoms with Crippen LogP contribution in [0.2, 0.25) is 0 Å². The highest BCUT2D eigenvalue weighted by atomic mass is 16.5. The number of esters is 1. The lowest BCUT2D eigenvalue weighted by atomic mass is 9.89. The molecule has 0 aliphatic heterocycles. The van der Waals surface area contributed by atoms with Gasteiger partial charge in [0.05, 0.1) is 7.11 Å². The van der Waals surface area contributed by atoms with Gasteiger partial charge in [-0.15, -0.1) is 0 Å². The number of carbonyl (C=O) groups excluding carboxylic acids is 2. The molecule has 22 heavy (non-hydrogen) atoms. The summed E-state index contributed by atoms with van der Waals surface area (Å²) in [5.41, 5.74) is 4.08. The van der Waals surface area contributed by atoms with Gasteiger partial charge in [0.1, 0.15) is 5.94 Å². The van der Waals surface area contributed by atoms with E-state index in [4.69, 9.17) is 0 Å². The van der Waals surface area contributed by atoms with E-state index in [0.717, 1.165) is 36.0 Å². The molecule has 0 spiro atoms. The van der Waals surface area contributed by atoms with Crippen molar-refractivity contribution >= 4 is 17.5 Å². The summed E-state index contributed by atoms with van der Waals surface area (Å²) in [6.07, 6.45) is 7.66. The molecule has 1 aromatic carbocycles. The Kier molecular flexibility index (Phi) is 5.93. The van der Waals surface area contributed by atoms with Crippen molar-refractivity contribution in [2.75, 3.05) is 7.11 Å². The van der Waals surface area contributed by atoms with Gasteiger partial charge in [-0.2, -0.15) is 0 Å². The van der Waals surface area contributed by atoms with E-state index < -0.39 is 0 Å². The average molecular weight is 296 g/mol. The van der Waals surface area contributed by atoms with Gasteiger partial charge in [-0.25, -0.2) is 4.79 Å². The summed E-state index contributed by atoms with van der Waals surface area (Å²) >= 11 is 0. The highest BCUT2D eigenvalue weighted by Crippen LogP contribution is 2.30. The number of ether oxygens (including phenoxy) is 1. The minimum atomic E-state index is -0.174. The smallest absolute Gasteiger partial charge is 0.305 e. The highest BCUT2D eigenvalue weighted by Gasteiger charge is 2.12. The van der Waals surface area contributed by atoms with Gasteiger partial charge < -0.3 is 4.74 Å². The van der Waals surface area contributed by atoms with E-state index in [9.17, 15) is 9.59 Å². The quantitative estimate of drug-likeness (QED) is 0.454. The highest BCUT2D eigenvalue weighted by molar-refractivity contribution is 5.77. The predicted molar refractivity (Wildman–Crippen MR) is 86.8 cm³/mol. The SMILES string of the molecule is COC(=O)CCCCC1=CC(=C=O)CC(c2ccccc2)=C1. The van der Waals surface area contributed by atoms with Crippen LogP contribution in [0.4, 0.5) is 0 Å². The lowest BCUT2D eigenvalue weighted by Gasteiger charge is -2.15. The van der Waals surface area contributed by atoms with E-state index in [-0.39, 0.29) is 5.97 Å². The molecule has 0 atom stereocenters. The molecule has 0 fully saturated rings. The van der Waals surface area contributed by atoms with Crippen LogP contribution in [-0.4, -0.2) is 19.0 Å². The van der Waals surface area contributed by atoms with Gasteiger partial charge >= 0.3 is 5.97 Å². The minimum absolute atomic E-state index is 0.174. The summed E-state index contributed by atoms with van der Waals surface area (Å²) in [7, 11) is 1.40. The number of benzene rings is 1. The van der Waals surface area contributed by atoms with Crippen molar-refractivity contribution in [3.8, 4) is 0 Å². The van der Waals surface area contributed by atoms with Crippen molar-refractivity contribution in [3.63, 3.8) is 0 Å². The molecule has 0 amide bonds. The van der Waals surface area contributed by atoms with Crippen LogP contribution in [0.25, 0.3) is 5.57 Å². The van der Waals surface area contributed by atoms with Gasteiger partial charge in [-0.05, 0) is 42.0 Å². The zero-order valence-electron chi connectivity index (χ0n) is 12.8. The first-order valence-electron chi connectivity index (χ1n) is 7.50. The van der Waals surface area contributed by atoms with Gasteiger partial charge in [-0.1, -0.05) is 36.4 Å². The van der Waals surface area contributed by atoms with Gasteiger partial charge in [0, 0.05) is 18.4 Å². The van der Waals surface area contributed by atoms with Gasteiger partial charge in [0.15, 0.2) is 0 Å². The molecular weight excluding hydrogens is 276 g/mol. The van der Waals surface area contributed by atoms with Gasteiger partial charge in [-0.3, -0.25) is 4.79 Å². The second-order valence-corrected chi connectivity index (χ2v) is 5.34. The third kappa shape index (κ3) is 4.57. The molecule has 0 saturated carbocycles. The molecule has 0 aromatic heterocycles. The molecule has 3 heteroatoms. The monoisotopic (exact) mass is 296 g/mol. The van der Waals surface area contributed by atoms with Crippen LogP contribution in [0, 0.1) is 0 Å². The van der Waals surface area contributed by atoms with Crippen LogP contribution < -0.4 is 0 Å². The molecule has 1 aliphatic carbocycles. The molecule has 0 N–H and O–H groups in total. The average Bonchev–Trinajstić information content (AvgIpc) is 2.59. The van der Waals surface area contributed by atoms with E-state index >= 15 is 0 Å². The van der Waals surface area contributed by atoms with Crippen LogP contribution in [0.5, 0.6) is 0 Å². The maximum atomic E-state index is 11.1. The van der Waals surface area contributed by atoms with Crippen LogP contribution >= 0.6 is 0 Å². The van der Waals surface area contributed by atoms with Gasteiger partial charge in [0.2, 0.25) is 0 Å². The molecule has 2 rings (SSSR count). The number of hydrogen-bond donors (Lipinski definition) is 0. The van der Waals surface area contributed by atoms with Crippen LogP contribution in [0.15, 0.2) is 53.6 Å². The van der Waals surface area contributed by atoms with E-state index in [2.05, 4.69) is 22.9 Å². The summed E-state index contributed by atoms with van der Waals surface area (Å²) in [6, 6.07) is 10.1. The van der Waals surface area contributed by atoms with Crippen LogP contribution in [0.1, 0.15) is 37.7 Å². The first-order chi connectivity index (χ1) is 10.7. The fourth-order valence-electron chi connectivity index (χ4n) is 2.54. The van der Waals surface area contributed by atoms with E-state index in [0.29, 0.717) is 18.4 Å². The summed E-state index contributed by atoms with van der Waals surface area (Å²) < 4.78 is 4.63. The first-order valence-corrected chi connectivity index (χ1v) is 7.50. The number of carbonyl (C=O) groups is 1. The summed E-state index contributed by atoms with van der Waals surface area (Å²) in [5, 5.41) is 0. The zero-order valence-corrected chi connectivity index (χ0v) is 12.8. The molecule has 1 aliphatic rings. The van der Waals surface area contributed by atoms with Crippen LogP contribution in [0.3, 0.4) is 0 Å². The molecule has 1 aromatic rings. The molecule has 0 unspecified atom stereocenters. The normalized spacial score (nSPS) is 14.0. The minimum Gasteiger partial charge on any atom is -0.469 e. The molecule has 3 nitrogen and oxygen atoms in total. The number of methoxy groups -OCH3 is 1. The molecular formula is C19H20O3. The second kappa shape index (κ2) is 8.16. The van der Waals surface area contributed by atoms with Crippen molar-refractivity contribution < 1.29 is 14.3 Å². The Labute approximate surface area is 131 Å². The van der Waals surface area contributed by atoms with Crippen molar-refractivity contribution in [3.05, 3.63) is 59.2 Å². The fraction of sp³-hybridized carbons (Fsp3) is 0.316. The zero-order chi connectivity index (χ0) is 15.8. The largest absolute Gasteiger partial charge is 0.469 e. The molecule has 0 radical (unpaired) electrons. The Balaban J connectivity index is 2.02. The molecule has 114 valence electrons. The van der Waals surface area contributed by atoms with Crippen molar-refractivity contribution in [1.29, 1.82) is 0 Å². The Hall–Kier alpha value is -2.38. The van der Waals surface area contributed by atoms with Crippen molar-refractivity contribution in [1.82, 2.24) is 0 Å². The lowest BCUT2D eigenvalue weighted by Crippen LogP contribution is -2.00. The van der Waals surface area contributed by atoms with E-state index in [1.807, 2.05) is 30.2 Å². The fourth-order valence-corrected chi connectivity index (χ4v) is 2.54. The van der Waals surface area contributed by atoms with Crippen molar-refractivity contribution in [2.45, 2.75) is 32.1 Å². The number of hydrogen-bond acceptors (Lipinski definition) is 3. The summed E-state index contributed by atoms with van der Waals surface area (Å²) in [6.45, 7) is 0. The predicted octanol–water partition coefficient (Wildman–Crippen LogP) is 3.89. The van der Waals surface area contributed by atoms with E-state index in [1.54, 1.807) is 0 Å². The van der Waals surface area contributed by atoms with Crippen LogP contribution in [-0.2, 0) is 14.3 Å². The first kappa shape index (κ1) is 16.0. The summed E-state index contributed by atoms with van der Waals surface area (Å²) in [5.74, 6) is 1.85. The molecule has 0 bridgehead atoms. The van der Waals surface area contributed by atoms with E-state index in [1.165, 1.54) is 7.11 Å². The number of allylic oxidation sites excluding steroid dienone is 5. The van der Waals surface area contributed by atoms with Crippen molar-refractivity contribution in [2.24, 2.45) is 0 Å². The maximum absolute atomic E-state index is 11.1. The number of rotatable bonds is 6. The third-order valence-corrected chi connectivity index (χ3v) is 3.70. The maximum Gasteiger partial charge on any atom is 0.305 e. The molecule has 0 saturated heterocycles. The van der Waals surface area contributed by atoms with Gasteiger partial charge in [0.25, 0.3) is 0 Å². The Morgan fingerprint density at radius 3 is 2.64 bits per heavy atom. The number of unbranched alkanes of at least 4 members (excludes halogenated alkanes) is 1. The summed E-state index contributed by atoms with van der Waals surface area (Å²) in [4.78, 5) is 22.1.